The van der Waals surface area contributed by atoms with Crippen molar-refractivity contribution >= 4 is 35.0 Å². The van der Waals surface area contributed by atoms with Crippen molar-refractivity contribution in [3.63, 3.8) is 0 Å². The van der Waals surface area contributed by atoms with Crippen LogP contribution < -0.4 is 0 Å². The third-order valence-electron chi connectivity index (χ3n) is 2.76. The molecule has 1 unspecified atom stereocenters. The normalized spacial score (nSPS) is 12.4. The van der Waals surface area contributed by atoms with Crippen LogP contribution in [0.4, 0.5) is 0 Å². The molecule has 0 saturated heterocycles. The SMILES string of the molecule is CCSc1ccc(C(O)c2cc(Cl)ccc2Cl)cc1. The van der Waals surface area contributed by atoms with Gasteiger partial charge in [-0.2, -0.15) is 0 Å². The molecule has 1 atom stereocenters. The zero-order chi connectivity index (χ0) is 13.8. The number of hydrogen-bond acceptors (Lipinski definition) is 2. The van der Waals surface area contributed by atoms with Gasteiger partial charge in [0.2, 0.25) is 0 Å². The van der Waals surface area contributed by atoms with E-state index in [2.05, 4.69) is 6.92 Å². The highest BCUT2D eigenvalue weighted by Gasteiger charge is 2.14. The van der Waals surface area contributed by atoms with Crippen molar-refractivity contribution < 1.29 is 5.11 Å². The largest absolute Gasteiger partial charge is 0.384 e. The molecule has 0 spiro atoms. The zero-order valence-corrected chi connectivity index (χ0v) is 12.8. The topological polar surface area (TPSA) is 20.2 Å². The molecule has 100 valence electrons. The molecule has 0 aromatic heterocycles. The van der Waals surface area contributed by atoms with Gasteiger partial charge in [0, 0.05) is 20.5 Å². The van der Waals surface area contributed by atoms with E-state index in [1.54, 1.807) is 30.0 Å². The first-order chi connectivity index (χ1) is 9.11. The van der Waals surface area contributed by atoms with Gasteiger partial charge in [-0.3, -0.25) is 0 Å². The van der Waals surface area contributed by atoms with E-state index in [9.17, 15) is 5.11 Å². The molecule has 0 aliphatic heterocycles. The van der Waals surface area contributed by atoms with Crippen LogP contribution in [0.5, 0.6) is 0 Å². The lowest BCUT2D eigenvalue weighted by atomic mass is 10.0. The maximum Gasteiger partial charge on any atom is 0.106 e. The van der Waals surface area contributed by atoms with E-state index in [0.717, 1.165) is 11.3 Å². The smallest absolute Gasteiger partial charge is 0.106 e. The molecule has 0 aliphatic carbocycles. The van der Waals surface area contributed by atoms with Crippen LogP contribution in [-0.2, 0) is 0 Å². The van der Waals surface area contributed by atoms with Gasteiger partial charge in [0.1, 0.15) is 6.10 Å². The summed E-state index contributed by atoms with van der Waals surface area (Å²) in [5.74, 6) is 1.03. The van der Waals surface area contributed by atoms with Gasteiger partial charge < -0.3 is 5.11 Å². The summed E-state index contributed by atoms with van der Waals surface area (Å²) in [7, 11) is 0. The van der Waals surface area contributed by atoms with Crippen LogP contribution >= 0.6 is 35.0 Å². The Kier molecular flexibility index (Phi) is 5.17. The van der Waals surface area contributed by atoms with Gasteiger partial charge >= 0.3 is 0 Å². The highest BCUT2D eigenvalue weighted by molar-refractivity contribution is 7.99. The summed E-state index contributed by atoms with van der Waals surface area (Å²) in [6, 6.07) is 12.9. The predicted octanol–water partition coefficient (Wildman–Crippen LogP) is 5.19. The van der Waals surface area contributed by atoms with E-state index in [1.807, 2.05) is 24.3 Å². The molecule has 2 aromatic carbocycles. The van der Waals surface area contributed by atoms with Crippen LogP contribution in [0.15, 0.2) is 47.4 Å². The number of aliphatic hydroxyl groups is 1. The van der Waals surface area contributed by atoms with Crippen molar-refractivity contribution in [1.82, 2.24) is 0 Å². The summed E-state index contributed by atoms with van der Waals surface area (Å²) in [5, 5.41) is 11.5. The molecule has 0 fully saturated rings. The van der Waals surface area contributed by atoms with Gasteiger partial charge in [0.15, 0.2) is 0 Å². The summed E-state index contributed by atoms with van der Waals surface area (Å²) < 4.78 is 0. The molecule has 0 radical (unpaired) electrons. The van der Waals surface area contributed by atoms with Crippen molar-refractivity contribution in [2.45, 2.75) is 17.9 Å². The lowest BCUT2D eigenvalue weighted by molar-refractivity contribution is 0.220. The minimum atomic E-state index is -0.758. The number of benzene rings is 2. The van der Waals surface area contributed by atoms with Crippen molar-refractivity contribution in [1.29, 1.82) is 0 Å². The molecule has 1 nitrogen and oxygen atoms in total. The monoisotopic (exact) mass is 312 g/mol. The fraction of sp³-hybridized carbons (Fsp3) is 0.200. The van der Waals surface area contributed by atoms with Gasteiger partial charge in [-0.05, 0) is 41.6 Å². The summed E-state index contributed by atoms with van der Waals surface area (Å²) in [4.78, 5) is 1.19. The summed E-state index contributed by atoms with van der Waals surface area (Å²) in [6.07, 6.45) is -0.758. The van der Waals surface area contributed by atoms with Gasteiger partial charge in [0.25, 0.3) is 0 Å². The van der Waals surface area contributed by atoms with E-state index in [1.165, 1.54) is 4.90 Å². The maximum absolute atomic E-state index is 10.4. The lowest BCUT2D eigenvalue weighted by Crippen LogP contribution is -2.00. The quantitative estimate of drug-likeness (QED) is 0.784. The Morgan fingerprint density at radius 3 is 2.42 bits per heavy atom. The summed E-state index contributed by atoms with van der Waals surface area (Å²) in [5.41, 5.74) is 1.44. The molecule has 4 heteroatoms. The third kappa shape index (κ3) is 3.67. The first kappa shape index (κ1) is 14.7. The van der Waals surface area contributed by atoms with Crippen LogP contribution in [0.3, 0.4) is 0 Å². The highest BCUT2D eigenvalue weighted by atomic mass is 35.5. The van der Waals surface area contributed by atoms with E-state index < -0.39 is 6.10 Å². The van der Waals surface area contributed by atoms with E-state index >= 15 is 0 Å². The molecule has 2 rings (SSSR count). The van der Waals surface area contributed by atoms with Crippen molar-refractivity contribution in [2.75, 3.05) is 5.75 Å². The second-order valence-electron chi connectivity index (χ2n) is 4.07. The van der Waals surface area contributed by atoms with Gasteiger partial charge in [-0.15, -0.1) is 11.8 Å². The first-order valence-corrected chi connectivity index (χ1v) is 7.71. The van der Waals surface area contributed by atoms with Gasteiger partial charge in [-0.25, -0.2) is 0 Å². The minimum absolute atomic E-state index is 0.518. The molecule has 1 N–H and O–H groups in total. The van der Waals surface area contributed by atoms with Crippen LogP contribution in [0.2, 0.25) is 10.0 Å². The second kappa shape index (κ2) is 6.67. The number of aliphatic hydroxyl groups excluding tert-OH is 1. The van der Waals surface area contributed by atoms with Crippen LogP contribution in [-0.4, -0.2) is 10.9 Å². The van der Waals surface area contributed by atoms with E-state index in [0.29, 0.717) is 15.6 Å². The molecular weight excluding hydrogens is 299 g/mol. The second-order valence-corrected chi connectivity index (χ2v) is 6.25. The van der Waals surface area contributed by atoms with E-state index in [-0.39, 0.29) is 0 Å². The number of halogens is 2. The fourth-order valence-corrected chi connectivity index (χ4v) is 2.88. The first-order valence-electron chi connectivity index (χ1n) is 5.97. The number of rotatable bonds is 4. The Morgan fingerprint density at radius 1 is 1.11 bits per heavy atom. The predicted molar refractivity (Wildman–Crippen MR) is 83.4 cm³/mol. The van der Waals surface area contributed by atoms with Crippen molar-refractivity contribution in [3.05, 3.63) is 63.6 Å². The average Bonchev–Trinajstić information content (AvgIpc) is 2.42. The molecule has 19 heavy (non-hydrogen) atoms. The third-order valence-corrected chi connectivity index (χ3v) is 4.23. The Morgan fingerprint density at radius 2 is 1.79 bits per heavy atom. The van der Waals surface area contributed by atoms with Crippen LogP contribution in [0, 0.1) is 0 Å². The standard InChI is InChI=1S/C15H14Cl2OS/c1-2-19-12-6-3-10(4-7-12)15(18)13-9-11(16)5-8-14(13)17/h3-9,15,18H,2H2,1H3. The van der Waals surface area contributed by atoms with Crippen LogP contribution in [0.25, 0.3) is 0 Å². The van der Waals surface area contributed by atoms with Crippen molar-refractivity contribution in [3.8, 4) is 0 Å². The highest BCUT2D eigenvalue weighted by Crippen LogP contribution is 2.31. The average molecular weight is 313 g/mol. The lowest BCUT2D eigenvalue weighted by Gasteiger charge is -2.14. The zero-order valence-electron chi connectivity index (χ0n) is 10.4. The van der Waals surface area contributed by atoms with Gasteiger partial charge in [0.05, 0.1) is 0 Å². The minimum Gasteiger partial charge on any atom is -0.384 e. The van der Waals surface area contributed by atoms with Gasteiger partial charge in [-0.1, -0.05) is 42.3 Å². The van der Waals surface area contributed by atoms with E-state index in [4.69, 9.17) is 23.2 Å². The number of hydrogen-bond donors (Lipinski definition) is 1. The molecule has 0 heterocycles. The Hall–Kier alpha value is -0.670. The van der Waals surface area contributed by atoms with Crippen LogP contribution in [0.1, 0.15) is 24.2 Å². The molecule has 2 aromatic rings. The fourth-order valence-electron chi connectivity index (χ4n) is 1.82. The maximum atomic E-state index is 10.4. The summed E-state index contributed by atoms with van der Waals surface area (Å²) >= 11 is 13.8. The Labute approximate surface area is 127 Å². The number of thioether (sulfide) groups is 1. The summed E-state index contributed by atoms with van der Waals surface area (Å²) in [6.45, 7) is 2.11. The molecule has 0 amide bonds. The Bertz CT molecular complexity index is 555. The molecule has 0 bridgehead atoms. The molecule has 0 saturated carbocycles. The molecular formula is C15H14Cl2OS. The Balaban J connectivity index is 2.27. The molecule has 0 aliphatic rings. The van der Waals surface area contributed by atoms with Crippen molar-refractivity contribution in [2.24, 2.45) is 0 Å².